The fourth-order valence-electron chi connectivity index (χ4n) is 3.96. The maximum absolute atomic E-state index is 6.35. The molecule has 1 saturated heterocycles. The van der Waals surface area contributed by atoms with Gasteiger partial charge in [-0.1, -0.05) is 20.3 Å². The fourth-order valence-corrected chi connectivity index (χ4v) is 3.96. The average Bonchev–Trinajstić information content (AvgIpc) is 2.81. The molecule has 3 N–H and O–H groups in total. The van der Waals surface area contributed by atoms with Gasteiger partial charge in [-0.3, -0.25) is 0 Å². The van der Waals surface area contributed by atoms with Crippen LogP contribution in [0.5, 0.6) is 0 Å². The molecule has 0 aromatic heterocycles. The molecule has 1 atom stereocenters. The molecule has 1 aliphatic carbocycles. The van der Waals surface area contributed by atoms with Crippen LogP contribution in [0, 0.1) is 11.3 Å². The summed E-state index contributed by atoms with van der Waals surface area (Å²) < 4.78 is 0. The molecule has 2 aliphatic heterocycles. The molecule has 3 aliphatic rings. The molecule has 0 bridgehead atoms. The number of aliphatic imine (C=N–C) groups is 1. The number of nitrogens with zero attached hydrogens (tertiary/aromatic N) is 2. The minimum absolute atomic E-state index is 0.434. The van der Waals surface area contributed by atoms with Crippen LogP contribution in [0.1, 0.15) is 46.0 Å². The minimum Gasteiger partial charge on any atom is -0.380 e. The number of rotatable bonds is 1. The first-order valence-electron chi connectivity index (χ1n) is 8.12. The van der Waals surface area contributed by atoms with Crippen LogP contribution < -0.4 is 11.1 Å². The monoisotopic (exact) mass is 276 g/mol. The summed E-state index contributed by atoms with van der Waals surface area (Å²) in [5.74, 6) is 1.73. The van der Waals surface area contributed by atoms with E-state index >= 15 is 0 Å². The predicted octanol–water partition coefficient (Wildman–Crippen LogP) is 2.08. The van der Waals surface area contributed by atoms with Crippen molar-refractivity contribution in [2.75, 3.05) is 19.6 Å². The van der Waals surface area contributed by atoms with E-state index in [1.807, 2.05) is 6.20 Å². The summed E-state index contributed by atoms with van der Waals surface area (Å²) in [6.07, 6.45) is 8.38. The van der Waals surface area contributed by atoms with Gasteiger partial charge in [0.15, 0.2) is 0 Å². The lowest BCUT2D eigenvalue weighted by molar-refractivity contribution is 0.134. The topological polar surface area (TPSA) is 53.6 Å². The lowest BCUT2D eigenvalue weighted by Gasteiger charge is -2.43. The van der Waals surface area contributed by atoms with Crippen LogP contribution in [0.2, 0.25) is 0 Å². The molecule has 4 heteroatoms. The van der Waals surface area contributed by atoms with Crippen molar-refractivity contribution in [2.24, 2.45) is 22.1 Å². The number of hydrogen-bond donors (Lipinski definition) is 2. The number of hydrogen-bond acceptors (Lipinski definition) is 4. The first-order chi connectivity index (χ1) is 9.61. The van der Waals surface area contributed by atoms with Crippen LogP contribution in [-0.4, -0.2) is 36.4 Å². The van der Waals surface area contributed by atoms with Crippen LogP contribution in [-0.2, 0) is 0 Å². The summed E-state index contributed by atoms with van der Waals surface area (Å²) in [5, 5.41) is 3.50. The first-order valence-corrected chi connectivity index (χ1v) is 8.12. The van der Waals surface area contributed by atoms with E-state index in [4.69, 9.17) is 5.73 Å². The van der Waals surface area contributed by atoms with Crippen molar-refractivity contribution in [1.82, 2.24) is 10.2 Å². The Balaban J connectivity index is 1.62. The van der Waals surface area contributed by atoms with Gasteiger partial charge in [0.2, 0.25) is 0 Å². The van der Waals surface area contributed by atoms with Gasteiger partial charge in [0.1, 0.15) is 5.84 Å². The largest absolute Gasteiger partial charge is 0.380 e. The molecule has 4 nitrogen and oxygen atoms in total. The van der Waals surface area contributed by atoms with Crippen LogP contribution in [0.25, 0.3) is 0 Å². The van der Waals surface area contributed by atoms with E-state index in [1.165, 1.54) is 43.6 Å². The number of piperidine rings is 1. The molecular formula is C16H28N4. The Labute approximate surface area is 122 Å². The Kier molecular flexibility index (Phi) is 3.76. The van der Waals surface area contributed by atoms with E-state index in [1.54, 1.807) is 0 Å². The maximum Gasteiger partial charge on any atom is 0.124 e. The fraction of sp³-hybridized carbons (Fsp3) is 0.812. The smallest absolute Gasteiger partial charge is 0.124 e. The van der Waals surface area contributed by atoms with Crippen molar-refractivity contribution in [1.29, 1.82) is 0 Å². The van der Waals surface area contributed by atoms with Crippen molar-refractivity contribution < 1.29 is 0 Å². The normalized spacial score (nSPS) is 29.4. The highest BCUT2D eigenvalue weighted by molar-refractivity contribution is 5.86. The van der Waals surface area contributed by atoms with E-state index in [0.717, 1.165) is 19.6 Å². The highest BCUT2D eigenvalue weighted by Gasteiger charge is 2.43. The van der Waals surface area contributed by atoms with Crippen molar-refractivity contribution in [2.45, 2.75) is 52.0 Å². The predicted molar refractivity (Wildman–Crippen MR) is 83.4 cm³/mol. The van der Waals surface area contributed by atoms with E-state index in [9.17, 15) is 0 Å². The maximum atomic E-state index is 6.35. The zero-order valence-electron chi connectivity index (χ0n) is 12.9. The van der Waals surface area contributed by atoms with Crippen LogP contribution in [0.15, 0.2) is 16.9 Å². The summed E-state index contributed by atoms with van der Waals surface area (Å²) in [6.45, 7) is 7.53. The summed E-state index contributed by atoms with van der Waals surface area (Å²) in [5.41, 5.74) is 8.04. The van der Waals surface area contributed by atoms with Crippen LogP contribution >= 0.6 is 0 Å². The Hall–Kier alpha value is -1.03. The van der Waals surface area contributed by atoms with Crippen LogP contribution in [0.3, 0.4) is 0 Å². The molecule has 1 saturated carbocycles. The second-order valence-electron chi connectivity index (χ2n) is 6.99. The number of nitrogens with two attached hydrogens (primary N) is 1. The summed E-state index contributed by atoms with van der Waals surface area (Å²) >= 11 is 0. The standard InChI is InChI=1S/C16H28N4/c1-12(2)13-10-19-15(11-18-13)20-8-6-16(7-9-20)5-3-4-14(16)17/h10,12,14,18H,3-9,11,17H2,1-2H3/t14-/m0/s1. The molecule has 0 radical (unpaired) electrons. The van der Waals surface area contributed by atoms with Gasteiger partial charge in [-0.25, -0.2) is 4.99 Å². The van der Waals surface area contributed by atoms with Gasteiger partial charge >= 0.3 is 0 Å². The lowest BCUT2D eigenvalue weighted by atomic mass is 9.74. The quantitative estimate of drug-likeness (QED) is 0.771. The Morgan fingerprint density at radius 2 is 2.10 bits per heavy atom. The molecule has 3 rings (SSSR count). The Bertz CT molecular complexity index is 416. The number of amidine groups is 1. The number of allylic oxidation sites excluding steroid dienone is 1. The third-order valence-electron chi connectivity index (χ3n) is 5.53. The van der Waals surface area contributed by atoms with E-state index in [0.29, 0.717) is 17.4 Å². The van der Waals surface area contributed by atoms with Crippen molar-refractivity contribution in [3.8, 4) is 0 Å². The van der Waals surface area contributed by atoms with Crippen molar-refractivity contribution >= 4 is 5.84 Å². The molecule has 0 unspecified atom stereocenters. The molecule has 2 heterocycles. The van der Waals surface area contributed by atoms with E-state index in [-0.39, 0.29) is 0 Å². The third kappa shape index (κ3) is 2.46. The van der Waals surface area contributed by atoms with Gasteiger partial charge in [-0.15, -0.1) is 0 Å². The van der Waals surface area contributed by atoms with Gasteiger partial charge in [-0.05, 0) is 37.0 Å². The summed E-state index contributed by atoms with van der Waals surface area (Å²) in [6, 6.07) is 0.434. The lowest BCUT2D eigenvalue weighted by Crippen LogP contribution is -2.50. The SMILES string of the molecule is CC(C)C1=CN=C(N2CCC3(CCC[C@@H]3N)CC2)CN1. The molecule has 112 valence electrons. The van der Waals surface area contributed by atoms with E-state index < -0.39 is 0 Å². The molecule has 0 amide bonds. The van der Waals surface area contributed by atoms with Gasteiger partial charge in [-0.2, -0.15) is 0 Å². The highest BCUT2D eigenvalue weighted by Crippen LogP contribution is 2.45. The first kappa shape index (κ1) is 13.9. The second-order valence-corrected chi connectivity index (χ2v) is 6.99. The summed E-state index contributed by atoms with van der Waals surface area (Å²) in [4.78, 5) is 7.13. The number of likely N-dealkylation sites (tertiary alicyclic amines) is 1. The molecule has 1 spiro atoms. The third-order valence-corrected chi connectivity index (χ3v) is 5.53. The highest BCUT2D eigenvalue weighted by atomic mass is 15.2. The van der Waals surface area contributed by atoms with E-state index in [2.05, 4.69) is 29.1 Å². The zero-order chi connectivity index (χ0) is 14.2. The van der Waals surface area contributed by atoms with Gasteiger partial charge < -0.3 is 16.0 Å². The Morgan fingerprint density at radius 3 is 2.60 bits per heavy atom. The molecule has 2 fully saturated rings. The van der Waals surface area contributed by atoms with Crippen LogP contribution in [0.4, 0.5) is 0 Å². The molecule has 0 aromatic carbocycles. The van der Waals surface area contributed by atoms with Gasteiger partial charge in [0, 0.05) is 31.0 Å². The molecule has 0 aromatic rings. The second kappa shape index (κ2) is 5.40. The Morgan fingerprint density at radius 1 is 1.35 bits per heavy atom. The van der Waals surface area contributed by atoms with Crippen molar-refractivity contribution in [3.63, 3.8) is 0 Å². The zero-order valence-corrected chi connectivity index (χ0v) is 12.9. The number of nitrogens with one attached hydrogen (secondary N) is 1. The summed E-state index contributed by atoms with van der Waals surface area (Å²) in [7, 11) is 0. The molecule has 20 heavy (non-hydrogen) atoms. The minimum atomic E-state index is 0.434. The van der Waals surface area contributed by atoms with Crippen molar-refractivity contribution in [3.05, 3.63) is 11.9 Å². The molecular weight excluding hydrogens is 248 g/mol. The van der Waals surface area contributed by atoms with Gasteiger partial charge in [0.05, 0.1) is 6.54 Å². The average molecular weight is 276 g/mol. The van der Waals surface area contributed by atoms with Gasteiger partial charge in [0.25, 0.3) is 0 Å².